The van der Waals surface area contributed by atoms with Gasteiger partial charge in [-0.3, -0.25) is 4.68 Å². The highest BCUT2D eigenvalue weighted by atomic mass is 16.6. The van der Waals surface area contributed by atoms with Gasteiger partial charge in [-0.1, -0.05) is 24.3 Å². The smallest absolute Gasteiger partial charge is 0.407 e. The Morgan fingerprint density at radius 2 is 1.90 bits per heavy atom. The van der Waals surface area contributed by atoms with Gasteiger partial charge in [-0.05, 0) is 38.0 Å². The van der Waals surface area contributed by atoms with Crippen LogP contribution in [0.2, 0.25) is 0 Å². The summed E-state index contributed by atoms with van der Waals surface area (Å²) in [6.07, 6.45) is 1.37. The summed E-state index contributed by atoms with van der Waals surface area (Å²) < 4.78 is 7.02. The van der Waals surface area contributed by atoms with E-state index in [-0.39, 0.29) is 0 Å². The molecule has 0 radical (unpaired) electrons. The predicted octanol–water partition coefficient (Wildman–Crippen LogP) is 3.11. The molecule has 0 saturated carbocycles. The second-order valence-electron chi connectivity index (χ2n) is 5.89. The molecular formula is C16H21N3O2. The van der Waals surface area contributed by atoms with E-state index < -0.39 is 11.7 Å². The molecule has 0 atom stereocenters. The summed E-state index contributed by atoms with van der Waals surface area (Å²) in [4.78, 5) is 11.6. The minimum atomic E-state index is -0.479. The van der Waals surface area contributed by atoms with Crippen molar-refractivity contribution in [3.63, 3.8) is 0 Å². The minimum absolute atomic E-state index is 0.404. The van der Waals surface area contributed by atoms with Crippen LogP contribution in [0.25, 0.3) is 11.3 Å². The quantitative estimate of drug-likeness (QED) is 0.943. The molecule has 0 unspecified atom stereocenters. The van der Waals surface area contributed by atoms with Gasteiger partial charge in [0.1, 0.15) is 5.60 Å². The highest BCUT2D eigenvalue weighted by molar-refractivity contribution is 5.67. The highest BCUT2D eigenvalue weighted by Crippen LogP contribution is 2.18. The number of carbonyl (C=O) groups excluding carboxylic acids is 1. The molecule has 5 nitrogen and oxygen atoms in total. The molecule has 0 saturated heterocycles. The van der Waals surface area contributed by atoms with Crippen molar-refractivity contribution in [2.45, 2.75) is 32.9 Å². The van der Waals surface area contributed by atoms with Crippen LogP contribution in [-0.4, -0.2) is 21.5 Å². The second kappa shape index (κ2) is 5.99. The summed E-state index contributed by atoms with van der Waals surface area (Å²) in [5, 5.41) is 6.89. The van der Waals surface area contributed by atoms with Gasteiger partial charge in [0.25, 0.3) is 0 Å². The van der Waals surface area contributed by atoms with E-state index in [0.29, 0.717) is 6.54 Å². The summed E-state index contributed by atoms with van der Waals surface area (Å²) in [5.41, 5.74) is 2.69. The molecule has 1 heterocycles. The van der Waals surface area contributed by atoms with E-state index in [9.17, 15) is 4.79 Å². The molecule has 0 aliphatic rings. The Labute approximate surface area is 124 Å². The number of benzene rings is 1. The van der Waals surface area contributed by atoms with Crippen molar-refractivity contribution in [3.05, 3.63) is 42.1 Å². The summed E-state index contributed by atoms with van der Waals surface area (Å²) in [6, 6.07) is 9.97. The molecule has 1 aromatic carbocycles. The fourth-order valence-electron chi connectivity index (χ4n) is 1.94. The third kappa shape index (κ3) is 4.34. The monoisotopic (exact) mass is 287 g/mol. The number of aryl methyl sites for hydroxylation is 1. The molecule has 0 fully saturated rings. The normalized spacial score (nSPS) is 11.2. The van der Waals surface area contributed by atoms with Crippen molar-refractivity contribution in [2.75, 3.05) is 0 Å². The molecule has 1 aromatic heterocycles. The van der Waals surface area contributed by atoms with Crippen LogP contribution in [0.5, 0.6) is 0 Å². The van der Waals surface area contributed by atoms with E-state index in [1.165, 1.54) is 0 Å². The molecule has 2 aromatic rings. The van der Waals surface area contributed by atoms with Crippen molar-refractivity contribution in [2.24, 2.45) is 7.05 Å². The van der Waals surface area contributed by atoms with Gasteiger partial charge >= 0.3 is 6.09 Å². The van der Waals surface area contributed by atoms with Crippen LogP contribution in [0.4, 0.5) is 4.79 Å². The molecule has 0 bridgehead atoms. The first-order valence-electron chi connectivity index (χ1n) is 6.89. The Hall–Kier alpha value is -2.30. The summed E-state index contributed by atoms with van der Waals surface area (Å²) in [7, 11) is 1.91. The summed E-state index contributed by atoms with van der Waals surface area (Å²) >= 11 is 0. The molecule has 5 heteroatoms. The number of ether oxygens (including phenoxy) is 1. The summed E-state index contributed by atoms with van der Waals surface area (Å²) in [5.74, 6) is 0. The molecule has 1 N–H and O–H groups in total. The van der Waals surface area contributed by atoms with Gasteiger partial charge in [0.05, 0.1) is 5.69 Å². The van der Waals surface area contributed by atoms with Crippen LogP contribution in [0.15, 0.2) is 36.5 Å². The average Bonchev–Trinajstić information content (AvgIpc) is 2.81. The van der Waals surface area contributed by atoms with Gasteiger partial charge in [0.2, 0.25) is 0 Å². The highest BCUT2D eigenvalue weighted by Gasteiger charge is 2.15. The van der Waals surface area contributed by atoms with Crippen molar-refractivity contribution in [3.8, 4) is 11.3 Å². The van der Waals surface area contributed by atoms with Crippen molar-refractivity contribution < 1.29 is 9.53 Å². The third-order valence-electron chi connectivity index (χ3n) is 2.91. The number of rotatable bonds is 3. The van der Waals surface area contributed by atoms with E-state index in [1.807, 2.05) is 62.8 Å². The largest absolute Gasteiger partial charge is 0.444 e. The van der Waals surface area contributed by atoms with E-state index >= 15 is 0 Å². The minimum Gasteiger partial charge on any atom is -0.444 e. The van der Waals surface area contributed by atoms with Crippen molar-refractivity contribution in [1.29, 1.82) is 0 Å². The molecule has 2 rings (SSSR count). The molecule has 0 spiro atoms. The van der Waals surface area contributed by atoms with Crippen LogP contribution in [0.1, 0.15) is 26.3 Å². The number of alkyl carbamates (subject to hydrolysis) is 1. The Morgan fingerprint density at radius 1 is 1.24 bits per heavy atom. The molecule has 21 heavy (non-hydrogen) atoms. The Morgan fingerprint density at radius 3 is 2.43 bits per heavy atom. The zero-order valence-corrected chi connectivity index (χ0v) is 12.9. The SMILES string of the molecule is Cn1nccc1-c1ccc(CNC(=O)OC(C)(C)C)cc1. The first kappa shape index (κ1) is 15.1. The Bertz CT molecular complexity index is 609. The van der Waals surface area contributed by atoms with E-state index in [2.05, 4.69) is 10.4 Å². The molecular weight excluding hydrogens is 266 g/mol. The number of nitrogens with one attached hydrogen (secondary N) is 1. The Kier molecular flexibility index (Phi) is 4.31. The molecule has 112 valence electrons. The maximum Gasteiger partial charge on any atom is 0.407 e. The van der Waals surface area contributed by atoms with E-state index in [4.69, 9.17) is 4.74 Å². The van der Waals surface area contributed by atoms with Crippen LogP contribution in [-0.2, 0) is 18.3 Å². The lowest BCUT2D eigenvalue weighted by Gasteiger charge is -2.19. The van der Waals surface area contributed by atoms with Crippen LogP contribution in [0, 0.1) is 0 Å². The standard InChI is InChI=1S/C16H21N3O2/c1-16(2,3)21-15(20)17-11-12-5-7-13(8-6-12)14-9-10-18-19(14)4/h5-10H,11H2,1-4H3,(H,17,20). The fraction of sp³-hybridized carbons (Fsp3) is 0.375. The second-order valence-corrected chi connectivity index (χ2v) is 5.89. The number of hydrogen-bond acceptors (Lipinski definition) is 3. The zero-order chi connectivity index (χ0) is 15.5. The average molecular weight is 287 g/mol. The predicted molar refractivity (Wildman–Crippen MR) is 81.7 cm³/mol. The van der Waals surface area contributed by atoms with E-state index in [1.54, 1.807) is 6.20 Å². The molecule has 1 amide bonds. The number of amides is 1. The molecule has 0 aliphatic heterocycles. The number of nitrogens with zero attached hydrogens (tertiary/aromatic N) is 2. The van der Waals surface area contributed by atoms with Gasteiger partial charge < -0.3 is 10.1 Å². The van der Waals surface area contributed by atoms with Crippen molar-refractivity contribution >= 4 is 6.09 Å². The van der Waals surface area contributed by atoms with Crippen LogP contribution < -0.4 is 5.32 Å². The van der Waals surface area contributed by atoms with Crippen LogP contribution >= 0.6 is 0 Å². The van der Waals surface area contributed by atoms with Crippen molar-refractivity contribution in [1.82, 2.24) is 15.1 Å². The van der Waals surface area contributed by atoms with Gasteiger partial charge in [0.15, 0.2) is 0 Å². The number of aromatic nitrogens is 2. The fourth-order valence-corrected chi connectivity index (χ4v) is 1.94. The van der Waals surface area contributed by atoms with Crippen LogP contribution in [0.3, 0.4) is 0 Å². The van der Waals surface area contributed by atoms with E-state index in [0.717, 1.165) is 16.8 Å². The maximum atomic E-state index is 11.6. The molecule has 0 aliphatic carbocycles. The lowest BCUT2D eigenvalue weighted by Crippen LogP contribution is -2.32. The van der Waals surface area contributed by atoms with Gasteiger partial charge in [0, 0.05) is 19.8 Å². The first-order valence-corrected chi connectivity index (χ1v) is 6.89. The van der Waals surface area contributed by atoms with Gasteiger partial charge in [-0.2, -0.15) is 5.10 Å². The summed E-state index contributed by atoms with van der Waals surface area (Å²) in [6.45, 7) is 5.97. The van der Waals surface area contributed by atoms with Gasteiger partial charge in [-0.15, -0.1) is 0 Å². The lowest BCUT2D eigenvalue weighted by atomic mass is 10.1. The number of hydrogen-bond donors (Lipinski definition) is 1. The Balaban J connectivity index is 1.94. The maximum absolute atomic E-state index is 11.6. The lowest BCUT2D eigenvalue weighted by molar-refractivity contribution is 0.0523. The third-order valence-corrected chi connectivity index (χ3v) is 2.91. The zero-order valence-electron chi connectivity index (χ0n) is 12.9. The number of carbonyl (C=O) groups is 1. The first-order chi connectivity index (χ1) is 9.85. The van der Waals surface area contributed by atoms with Gasteiger partial charge in [-0.25, -0.2) is 4.79 Å². The topological polar surface area (TPSA) is 56.2 Å².